The maximum Gasteiger partial charge on any atom is 0.0587 e. The summed E-state index contributed by atoms with van der Waals surface area (Å²) in [6, 6.07) is 10.1. The van der Waals surface area contributed by atoms with Gasteiger partial charge in [0, 0.05) is 47.4 Å². The predicted molar refractivity (Wildman–Crippen MR) is 83.4 cm³/mol. The van der Waals surface area contributed by atoms with Gasteiger partial charge >= 0.3 is 0 Å². The number of methoxy groups -OCH3 is 1. The number of ether oxygens (including phenoxy) is 1. The molecule has 0 aliphatic carbocycles. The predicted octanol–water partition coefficient (Wildman–Crippen LogP) is 3.62. The summed E-state index contributed by atoms with van der Waals surface area (Å²) < 4.78 is 4.99. The van der Waals surface area contributed by atoms with Gasteiger partial charge in [0.05, 0.1) is 6.61 Å². The zero-order chi connectivity index (χ0) is 14.2. The number of hydrogen-bond acceptors (Lipinski definition) is 4. The first kappa shape index (κ1) is 15.3. The van der Waals surface area contributed by atoms with Crippen LogP contribution in [0.1, 0.15) is 5.56 Å². The van der Waals surface area contributed by atoms with Crippen molar-refractivity contribution < 1.29 is 4.74 Å². The summed E-state index contributed by atoms with van der Waals surface area (Å²) in [6.45, 7) is 2.27. The maximum atomic E-state index is 6.31. The normalized spacial score (nSPS) is 10.7. The van der Waals surface area contributed by atoms with Crippen LogP contribution in [0.3, 0.4) is 0 Å². The molecule has 0 fully saturated rings. The second-order valence-electron chi connectivity index (χ2n) is 4.21. The molecule has 0 aliphatic rings. The van der Waals surface area contributed by atoms with Crippen LogP contribution in [0.25, 0.3) is 0 Å². The molecule has 0 amide bonds. The van der Waals surface area contributed by atoms with Crippen LogP contribution in [0.2, 0.25) is 5.02 Å². The van der Waals surface area contributed by atoms with Gasteiger partial charge < -0.3 is 10.1 Å². The number of hydrogen-bond donors (Lipinski definition) is 1. The Bertz CT molecular complexity index is 537. The molecule has 0 unspecified atom stereocenters. The largest absolute Gasteiger partial charge is 0.383 e. The van der Waals surface area contributed by atoms with E-state index in [0.29, 0.717) is 6.61 Å². The molecule has 106 valence electrons. The highest BCUT2D eigenvalue weighted by atomic mass is 35.5. The van der Waals surface area contributed by atoms with Crippen LogP contribution in [-0.2, 0) is 11.3 Å². The van der Waals surface area contributed by atoms with Crippen molar-refractivity contribution >= 4 is 23.4 Å². The van der Waals surface area contributed by atoms with Gasteiger partial charge in [-0.15, -0.1) is 0 Å². The summed E-state index contributed by atoms with van der Waals surface area (Å²) in [5.74, 6) is 0. The maximum absolute atomic E-state index is 6.31. The Morgan fingerprint density at radius 3 is 2.70 bits per heavy atom. The van der Waals surface area contributed by atoms with E-state index in [0.717, 1.165) is 33.5 Å². The zero-order valence-electron chi connectivity index (χ0n) is 11.3. The zero-order valence-corrected chi connectivity index (χ0v) is 12.9. The lowest BCUT2D eigenvalue weighted by Gasteiger charge is -2.08. The van der Waals surface area contributed by atoms with E-state index in [1.165, 1.54) is 0 Å². The van der Waals surface area contributed by atoms with Crippen LogP contribution in [-0.4, -0.2) is 25.2 Å². The van der Waals surface area contributed by atoms with Gasteiger partial charge in [-0.2, -0.15) is 0 Å². The summed E-state index contributed by atoms with van der Waals surface area (Å²) in [5, 5.41) is 4.07. The molecular weight excluding hydrogens is 292 g/mol. The summed E-state index contributed by atoms with van der Waals surface area (Å²) in [5.41, 5.74) is 1.10. The molecule has 3 nitrogen and oxygen atoms in total. The number of halogens is 1. The quantitative estimate of drug-likeness (QED) is 0.792. The third kappa shape index (κ3) is 4.80. The van der Waals surface area contributed by atoms with Crippen LogP contribution in [0.15, 0.2) is 52.5 Å². The number of nitrogens with zero attached hydrogens (tertiary/aromatic N) is 1. The van der Waals surface area contributed by atoms with Crippen LogP contribution >= 0.6 is 23.4 Å². The molecule has 20 heavy (non-hydrogen) atoms. The molecule has 0 radical (unpaired) electrons. The van der Waals surface area contributed by atoms with E-state index >= 15 is 0 Å². The Labute approximate surface area is 128 Å². The average molecular weight is 309 g/mol. The van der Waals surface area contributed by atoms with Crippen molar-refractivity contribution in [1.82, 2.24) is 10.3 Å². The van der Waals surface area contributed by atoms with Crippen LogP contribution in [0, 0.1) is 0 Å². The van der Waals surface area contributed by atoms with Gasteiger partial charge in [-0.05, 0) is 29.8 Å². The topological polar surface area (TPSA) is 34.1 Å². The monoisotopic (exact) mass is 308 g/mol. The lowest BCUT2D eigenvalue weighted by Crippen LogP contribution is -2.18. The van der Waals surface area contributed by atoms with E-state index in [1.54, 1.807) is 31.3 Å². The van der Waals surface area contributed by atoms with E-state index in [2.05, 4.69) is 22.4 Å². The standard InChI is InChI=1S/C15H17ClN2OS/c1-19-9-8-18-11-12-2-3-14(10-15(12)16)20-13-4-6-17-7-5-13/h2-7,10,18H,8-9,11H2,1H3. The second kappa shape index (κ2) is 8.27. The van der Waals surface area contributed by atoms with Crippen LogP contribution in [0.4, 0.5) is 0 Å². The molecule has 0 aliphatic heterocycles. The van der Waals surface area contributed by atoms with Crippen molar-refractivity contribution in [3.8, 4) is 0 Å². The SMILES string of the molecule is COCCNCc1ccc(Sc2ccncc2)cc1Cl. The Morgan fingerprint density at radius 1 is 1.20 bits per heavy atom. The highest BCUT2D eigenvalue weighted by molar-refractivity contribution is 7.99. The minimum atomic E-state index is 0.702. The molecule has 2 rings (SSSR count). The van der Waals surface area contributed by atoms with Gasteiger partial charge in [-0.3, -0.25) is 4.98 Å². The molecule has 0 atom stereocenters. The first-order valence-corrected chi connectivity index (χ1v) is 7.55. The summed E-state index contributed by atoms with van der Waals surface area (Å²) >= 11 is 7.99. The van der Waals surface area contributed by atoms with Gasteiger partial charge in [-0.25, -0.2) is 0 Å². The molecule has 1 aromatic heterocycles. The van der Waals surface area contributed by atoms with E-state index < -0.39 is 0 Å². The van der Waals surface area contributed by atoms with Gasteiger partial charge in [-0.1, -0.05) is 29.4 Å². The van der Waals surface area contributed by atoms with Crippen molar-refractivity contribution in [2.24, 2.45) is 0 Å². The summed E-state index contributed by atoms with van der Waals surface area (Å²) in [6.07, 6.45) is 3.58. The van der Waals surface area contributed by atoms with Crippen molar-refractivity contribution in [1.29, 1.82) is 0 Å². The third-order valence-electron chi connectivity index (χ3n) is 2.71. The van der Waals surface area contributed by atoms with Crippen molar-refractivity contribution in [2.75, 3.05) is 20.3 Å². The molecule has 0 saturated heterocycles. The second-order valence-corrected chi connectivity index (χ2v) is 5.76. The Morgan fingerprint density at radius 2 is 2.00 bits per heavy atom. The Hall–Kier alpha value is -1.07. The highest BCUT2D eigenvalue weighted by Crippen LogP contribution is 2.30. The number of aromatic nitrogens is 1. The molecule has 1 N–H and O–H groups in total. The number of nitrogens with one attached hydrogen (secondary N) is 1. The van der Waals surface area contributed by atoms with Crippen molar-refractivity contribution in [3.05, 3.63) is 53.3 Å². The van der Waals surface area contributed by atoms with Gasteiger partial charge in [0.15, 0.2) is 0 Å². The average Bonchev–Trinajstić information content (AvgIpc) is 2.46. The van der Waals surface area contributed by atoms with E-state index in [-0.39, 0.29) is 0 Å². The van der Waals surface area contributed by atoms with E-state index in [4.69, 9.17) is 16.3 Å². The molecule has 2 aromatic rings. The molecule has 0 saturated carbocycles. The fourth-order valence-electron chi connectivity index (χ4n) is 1.67. The van der Waals surface area contributed by atoms with Crippen LogP contribution in [0.5, 0.6) is 0 Å². The Kier molecular flexibility index (Phi) is 6.33. The van der Waals surface area contributed by atoms with Gasteiger partial charge in [0.1, 0.15) is 0 Å². The number of rotatable bonds is 7. The first-order valence-electron chi connectivity index (χ1n) is 6.35. The Balaban J connectivity index is 1.95. The minimum Gasteiger partial charge on any atom is -0.383 e. The molecule has 5 heteroatoms. The van der Waals surface area contributed by atoms with Gasteiger partial charge in [0.25, 0.3) is 0 Å². The van der Waals surface area contributed by atoms with Gasteiger partial charge in [0.2, 0.25) is 0 Å². The van der Waals surface area contributed by atoms with E-state index in [9.17, 15) is 0 Å². The first-order chi connectivity index (χ1) is 9.79. The molecule has 1 aromatic carbocycles. The fourth-order valence-corrected chi connectivity index (χ4v) is 2.83. The molecule has 0 bridgehead atoms. The van der Waals surface area contributed by atoms with E-state index in [1.807, 2.05) is 18.2 Å². The summed E-state index contributed by atoms with van der Waals surface area (Å²) in [4.78, 5) is 6.29. The lowest BCUT2D eigenvalue weighted by molar-refractivity contribution is 0.199. The highest BCUT2D eigenvalue weighted by Gasteiger charge is 2.03. The van der Waals surface area contributed by atoms with Crippen LogP contribution < -0.4 is 5.32 Å². The summed E-state index contributed by atoms with van der Waals surface area (Å²) in [7, 11) is 1.69. The van der Waals surface area contributed by atoms with Crippen molar-refractivity contribution in [2.45, 2.75) is 16.3 Å². The molecular formula is C15H17ClN2OS. The smallest absolute Gasteiger partial charge is 0.0587 e. The number of pyridine rings is 1. The number of benzene rings is 1. The molecule has 0 spiro atoms. The van der Waals surface area contributed by atoms with Crippen molar-refractivity contribution in [3.63, 3.8) is 0 Å². The minimum absolute atomic E-state index is 0.702. The third-order valence-corrected chi connectivity index (χ3v) is 4.06. The lowest BCUT2D eigenvalue weighted by atomic mass is 10.2. The molecule has 1 heterocycles. The fraction of sp³-hybridized carbons (Fsp3) is 0.267.